The molecule has 2 atom stereocenters. The Morgan fingerprint density at radius 2 is 1.82 bits per heavy atom. The standard InChI is InChI=1S/C13H20N4/c1-8-5-13(16-9(2)15-8)17-11-3-4-12(17)7-10(14)6-11/h5,10-12H,3-4,6-7,14H2,1-2H3. The summed E-state index contributed by atoms with van der Waals surface area (Å²) < 4.78 is 0. The van der Waals surface area contributed by atoms with Crippen LogP contribution >= 0.6 is 0 Å². The van der Waals surface area contributed by atoms with Gasteiger partial charge in [0.15, 0.2) is 0 Å². The van der Waals surface area contributed by atoms with Crippen molar-refractivity contribution in [2.75, 3.05) is 4.90 Å². The molecule has 2 bridgehead atoms. The Labute approximate surface area is 102 Å². The molecule has 4 heteroatoms. The number of fused-ring (bicyclic) bond motifs is 2. The van der Waals surface area contributed by atoms with E-state index in [-0.39, 0.29) is 0 Å². The van der Waals surface area contributed by atoms with Crippen molar-refractivity contribution in [2.24, 2.45) is 5.73 Å². The number of aromatic nitrogens is 2. The van der Waals surface area contributed by atoms with Gasteiger partial charge in [-0.2, -0.15) is 0 Å². The number of rotatable bonds is 1. The second-order valence-electron chi connectivity index (χ2n) is 5.44. The van der Waals surface area contributed by atoms with Crippen LogP contribution in [0, 0.1) is 13.8 Å². The predicted molar refractivity (Wildman–Crippen MR) is 68.0 cm³/mol. The Morgan fingerprint density at radius 1 is 1.18 bits per heavy atom. The highest BCUT2D eigenvalue weighted by Gasteiger charge is 2.40. The molecule has 2 fully saturated rings. The van der Waals surface area contributed by atoms with Crippen LogP contribution in [-0.4, -0.2) is 28.1 Å². The zero-order chi connectivity index (χ0) is 12.0. The van der Waals surface area contributed by atoms with Gasteiger partial charge >= 0.3 is 0 Å². The van der Waals surface area contributed by atoms with E-state index < -0.39 is 0 Å². The van der Waals surface area contributed by atoms with Crippen molar-refractivity contribution in [1.82, 2.24) is 9.97 Å². The fourth-order valence-electron chi connectivity index (χ4n) is 3.42. The van der Waals surface area contributed by atoms with Gasteiger partial charge < -0.3 is 10.6 Å². The van der Waals surface area contributed by atoms with E-state index in [4.69, 9.17) is 5.73 Å². The fourth-order valence-corrected chi connectivity index (χ4v) is 3.42. The maximum absolute atomic E-state index is 6.10. The Hall–Kier alpha value is -1.16. The number of piperidine rings is 1. The largest absolute Gasteiger partial charge is 0.350 e. The third-order valence-electron chi connectivity index (χ3n) is 3.99. The molecule has 1 aromatic heterocycles. The first-order chi connectivity index (χ1) is 8.13. The van der Waals surface area contributed by atoms with Gasteiger partial charge in [-0.05, 0) is 39.5 Å². The summed E-state index contributed by atoms with van der Waals surface area (Å²) in [6, 6.07) is 3.68. The van der Waals surface area contributed by atoms with Crippen molar-refractivity contribution in [3.8, 4) is 0 Å². The van der Waals surface area contributed by atoms with Crippen molar-refractivity contribution < 1.29 is 0 Å². The molecule has 3 heterocycles. The second-order valence-corrected chi connectivity index (χ2v) is 5.44. The lowest BCUT2D eigenvalue weighted by Crippen LogP contribution is -2.48. The van der Waals surface area contributed by atoms with E-state index in [2.05, 4.69) is 20.9 Å². The van der Waals surface area contributed by atoms with E-state index in [1.165, 1.54) is 12.8 Å². The molecule has 0 amide bonds. The van der Waals surface area contributed by atoms with Crippen LogP contribution in [0.5, 0.6) is 0 Å². The number of hydrogen-bond acceptors (Lipinski definition) is 4. The third-order valence-corrected chi connectivity index (χ3v) is 3.99. The van der Waals surface area contributed by atoms with Gasteiger partial charge in [-0.1, -0.05) is 0 Å². The highest BCUT2D eigenvalue weighted by atomic mass is 15.3. The molecule has 2 saturated heterocycles. The van der Waals surface area contributed by atoms with E-state index in [0.29, 0.717) is 18.1 Å². The van der Waals surface area contributed by atoms with Crippen molar-refractivity contribution >= 4 is 5.82 Å². The van der Waals surface area contributed by atoms with Crippen molar-refractivity contribution in [1.29, 1.82) is 0 Å². The summed E-state index contributed by atoms with van der Waals surface area (Å²) in [6.07, 6.45) is 4.75. The minimum Gasteiger partial charge on any atom is -0.350 e. The average Bonchev–Trinajstić information content (AvgIpc) is 2.50. The highest BCUT2D eigenvalue weighted by molar-refractivity contribution is 5.45. The van der Waals surface area contributed by atoms with Crippen LogP contribution in [0.4, 0.5) is 5.82 Å². The van der Waals surface area contributed by atoms with Crippen LogP contribution < -0.4 is 10.6 Å². The van der Waals surface area contributed by atoms with Gasteiger partial charge in [-0.25, -0.2) is 9.97 Å². The monoisotopic (exact) mass is 232 g/mol. The van der Waals surface area contributed by atoms with Gasteiger partial charge in [0, 0.05) is 29.9 Å². The molecule has 17 heavy (non-hydrogen) atoms. The number of aryl methyl sites for hydroxylation is 2. The minimum absolute atomic E-state index is 0.382. The Morgan fingerprint density at radius 3 is 2.41 bits per heavy atom. The lowest BCUT2D eigenvalue weighted by molar-refractivity contribution is 0.411. The minimum atomic E-state index is 0.382. The molecule has 2 unspecified atom stereocenters. The summed E-state index contributed by atoms with van der Waals surface area (Å²) in [5.74, 6) is 1.98. The molecule has 0 saturated carbocycles. The SMILES string of the molecule is Cc1cc(N2C3CCC2CC(N)C3)nc(C)n1. The first kappa shape index (κ1) is 11.0. The van der Waals surface area contributed by atoms with Crippen LogP contribution in [0.1, 0.15) is 37.2 Å². The summed E-state index contributed by atoms with van der Waals surface area (Å²) in [4.78, 5) is 11.4. The van der Waals surface area contributed by atoms with Gasteiger partial charge in [0.2, 0.25) is 0 Å². The van der Waals surface area contributed by atoms with E-state index in [1.807, 2.05) is 13.8 Å². The quantitative estimate of drug-likeness (QED) is 0.798. The molecular weight excluding hydrogens is 212 g/mol. The lowest BCUT2D eigenvalue weighted by atomic mass is 9.98. The molecule has 3 rings (SSSR count). The maximum atomic E-state index is 6.10. The normalized spacial score (nSPS) is 31.9. The Balaban J connectivity index is 1.94. The number of hydrogen-bond donors (Lipinski definition) is 1. The predicted octanol–water partition coefficient (Wildman–Crippen LogP) is 1.55. The Kier molecular flexibility index (Phi) is 2.54. The molecule has 2 aliphatic heterocycles. The molecule has 4 nitrogen and oxygen atoms in total. The summed E-state index contributed by atoms with van der Waals surface area (Å²) in [5.41, 5.74) is 7.15. The third kappa shape index (κ3) is 1.90. The smallest absolute Gasteiger partial charge is 0.133 e. The molecule has 0 aliphatic carbocycles. The number of nitrogens with zero attached hydrogens (tertiary/aromatic N) is 3. The molecule has 0 radical (unpaired) electrons. The van der Waals surface area contributed by atoms with Crippen molar-refractivity contribution in [3.05, 3.63) is 17.6 Å². The van der Waals surface area contributed by atoms with Crippen LogP contribution in [0.3, 0.4) is 0 Å². The molecule has 0 aromatic carbocycles. The van der Waals surface area contributed by atoms with E-state index in [1.54, 1.807) is 0 Å². The van der Waals surface area contributed by atoms with Crippen molar-refractivity contribution in [3.63, 3.8) is 0 Å². The average molecular weight is 232 g/mol. The molecular formula is C13H20N4. The summed E-state index contributed by atoms with van der Waals surface area (Å²) in [5, 5.41) is 0. The molecule has 0 spiro atoms. The first-order valence-electron chi connectivity index (χ1n) is 6.49. The molecule has 2 aliphatic rings. The zero-order valence-electron chi connectivity index (χ0n) is 10.6. The fraction of sp³-hybridized carbons (Fsp3) is 0.692. The summed E-state index contributed by atoms with van der Waals surface area (Å²) >= 11 is 0. The second kappa shape index (κ2) is 3.95. The highest BCUT2D eigenvalue weighted by Crippen LogP contribution is 2.38. The maximum Gasteiger partial charge on any atom is 0.133 e. The van der Waals surface area contributed by atoms with Crippen molar-refractivity contribution in [2.45, 2.75) is 57.7 Å². The Bertz CT molecular complexity index is 397. The van der Waals surface area contributed by atoms with E-state index in [0.717, 1.165) is 30.2 Å². The van der Waals surface area contributed by atoms with Gasteiger partial charge in [0.1, 0.15) is 11.6 Å². The van der Waals surface area contributed by atoms with Gasteiger partial charge in [-0.3, -0.25) is 0 Å². The van der Waals surface area contributed by atoms with Crippen LogP contribution in [-0.2, 0) is 0 Å². The van der Waals surface area contributed by atoms with Gasteiger partial charge in [-0.15, -0.1) is 0 Å². The van der Waals surface area contributed by atoms with E-state index >= 15 is 0 Å². The first-order valence-corrected chi connectivity index (χ1v) is 6.49. The van der Waals surface area contributed by atoms with Gasteiger partial charge in [0.05, 0.1) is 0 Å². The molecule has 2 N–H and O–H groups in total. The molecule has 92 valence electrons. The van der Waals surface area contributed by atoms with Gasteiger partial charge in [0.25, 0.3) is 0 Å². The summed E-state index contributed by atoms with van der Waals surface area (Å²) in [7, 11) is 0. The topological polar surface area (TPSA) is 55.0 Å². The lowest BCUT2D eigenvalue weighted by Gasteiger charge is -2.38. The van der Waals surface area contributed by atoms with Crippen LogP contribution in [0.15, 0.2) is 6.07 Å². The molecule has 1 aromatic rings. The summed E-state index contributed by atoms with van der Waals surface area (Å²) in [6.45, 7) is 4.00. The zero-order valence-corrected chi connectivity index (χ0v) is 10.6. The van der Waals surface area contributed by atoms with E-state index in [9.17, 15) is 0 Å². The van der Waals surface area contributed by atoms with Crippen LogP contribution in [0.25, 0.3) is 0 Å². The number of anilines is 1. The van der Waals surface area contributed by atoms with Crippen LogP contribution in [0.2, 0.25) is 0 Å². The number of nitrogens with two attached hydrogens (primary N) is 1.